The molecule has 5 nitrogen and oxygen atoms in total. The van der Waals surface area contributed by atoms with Crippen molar-refractivity contribution in [3.63, 3.8) is 0 Å². The van der Waals surface area contributed by atoms with Crippen molar-refractivity contribution in [3.8, 4) is 11.8 Å². The Morgan fingerprint density at radius 3 is 2.70 bits per heavy atom. The van der Waals surface area contributed by atoms with Crippen molar-refractivity contribution in [2.45, 2.75) is 19.3 Å². The Balaban J connectivity index is 2.26. The first-order valence-corrected chi connectivity index (χ1v) is 8.28. The van der Waals surface area contributed by atoms with Crippen molar-refractivity contribution in [2.75, 3.05) is 11.9 Å². The first-order chi connectivity index (χ1) is 9.51. The first kappa shape index (κ1) is 15.5. The molecule has 0 N–H and O–H groups in total. The van der Waals surface area contributed by atoms with E-state index in [4.69, 9.17) is 10.00 Å². The molecule has 1 saturated carbocycles. The maximum absolute atomic E-state index is 11.1. The Morgan fingerprint density at radius 2 is 2.25 bits per heavy atom. The van der Waals surface area contributed by atoms with Crippen molar-refractivity contribution in [2.24, 2.45) is 5.41 Å². The second-order valence-corrected chi connectivity index (χ2v) is 6.67. The monoisotopic (exact) mass is 450 g/mol. The minimum Gasteiger partial charge on any atom is -0.485 e. The number of nitro groups is 1. The number of hydrogen-bond donors (Lipinski definition) is 0. The number of benzene rings is 1. The standard InChI is InChI=1S/C13H12BrIN2O3/c14-7-13(2-1-3-13)8-20-12-10(15)4-9(6-16)5-11(12)17(18)19/h4-5H,1-3,7-8H2. The summed E-state index contributed by atoms with van der Waals surface area (Å²) in [7, 11) is 0. The van der Waals surface area contributed by atoms with Gasteiger partial charge in [-0.1, -0.05) is 22.4 Å². The summed E-state index contributed by atoms with van der Waals surface area (Å²) in [6.45, 7) is 0.459. The minimum absolute atomic E-state index is 0.0881. The molecule has 1 aliphatic rings. The maximum atomic E-state index is 11.1. The highest BCUT2D eigenvalue weighted by atomic mass is 127. The first-order valence-electron chi connectivity index (χ1n) is 6.08. The van der Waals surface area contributed by atoms with Crippen LogP contribution in [0.3, 0.4) is 0 Å². The fraction of sp³-hybridized carbons (Fsp3) is 0.462. The molecule has 0 radical (unpaired) electrons. The molecule has 106 valence electrons. The van der Waals surface area contributed by atoms with E-state index in [1.807, 2.05) is 28.7 Å². The van der Waals surface area contributed by atoms with Crippen LogP contribution in [-0.4, -0.2) is 16.9 Å². The van der Waals surface area contributed by atoms with Crippen molar-refractivity contribution >= 4 is 44.2 Å². The van der Waals surface area contributed by atoms with E-state index in [1.165, 1.54) is 12.5 Å². The summed E-state index contributed by atoms with van der Waals surface area (Å²) in [5.41, 5.74) is 0.218. The molecule has 0 spiro atoms. The van der Waals surface area contributed by atoms with Crippen molar-refractivity contribution < 1.29 is 9.66 Å². The van der Waals surface area contributed by atoms with Gasteiger partial charge >= 0.3 is 5.69 Å². The molecule has 0 saturated heterocycles. The fourth-order valence-electron chi connectivity index (χ4n) is 2.14. The molecule has 0 aromatic heterocycles. The molecule has 1 aromatic carbocycles. The molecule has 2 rings (SSSR count). The highest BCUT2D eigenvalue weighted by Gasteiger charge is 2.37. The molecule has 0 aliphatic heterocycles. The van der Waals surface area contributed by atoms with E-state index in [0.717, 1.165) is 18.2 Å². The molecular weight excluding hydrogens is 439 g/mol. The number of hydrogen-bond acceptors (Lipinski definition) is 4. The molecule has 0 atom stereocenters. The third-order valence-corrected chi connectivity index (χ3v) is 5.56. The zero-order chi connectivity index (χ0) is 14.8. The summed E-state index contributed by atoms with van der Waals surface area (Å²) in [5.74, 6) is 0.266. The second kappa shape index (κ2) is 6.26. The van der Waals surface area contributed by atoms with Gasteiger partial charge in [0, 0.05) is 16.8 Å². The number of nitro benzene ring substituents is 1. The third kappa shape index (κ3) is 3.06. The van der Waals surface area contributed by atoms with Gasteiger partial charge in [-0.2, -0.15) is 5.26 Å². The van der Waals surface area contributed by atoms with E-state index in [-0.39, 0.29) is 22.4 Å². The van der Waals surface area contributed by atoms with Gasteiger partial charge in [-0.05, 0) is 41.5 Å². The topological polar surface area (TPSA) is 76.2 Å². The summed E-state index contributed by atoms with van der Waals surface area (Å²) < 4.78 is 6.33. The van der Waals surface area contributed by atoms with Crippen LogP contribution in [0, 0.1) is 30.4 Å². The van der Waals surface area contributed by atoms with Crippen LogP contribution in [0.1, 0.15) is 24.8 Å². The smallest absolute Gasteiger partial charge is 0.313 e. The molecule has 0 heterocycles. The number of rotatable bonds is 5. The van der Waals surface area contributed by atoms with Crippen LogP contribution >= 0.6 is 38.5 Å². The van der Waals surface area contributed by atoms with Crippen LogP contribution in [-0.2, 0) is 0 Å². The summed E-state index contributed by atoms with van der Waals surface area (Å²) in [6.07, 6.45) is 3.30. The molecule has 20 heavy (non-hydrogen) atoms. The molecule has 0 bridgehead atoms. The predicted octanol–water partition coefficient (Wildman–Crippen LogP) is 4.02. The van der Waals surface area contributed by atoms with E-state index >= 15 is 0 Å². The van der Waals surface area contributed by atoms with Gasteiger partial charge < -0.3 is 4.74 Å². The number of alkyl halides is 1. The Labute approximate surface area is 138 Å². The van der Waals surface area contributed by atoms with Crippen LogP contribution < -0.4 is 4.74 Å². The molecule has 0 unspecified atom stereocenters. The fourth-order valence-corrected chi connectivity index (χ4v) is 3.63. The number of halogens is 2. The molecule has 1 aliphatic carbocycles. The molecule has 1 aromatic rings. The highest BCUT2D eigenvalue weighted by Crippen LogP contribution is 2.44. The van der Waals surface area contributed by atoms with Gasteiger partial charge in [0.15, 0.2) is 0 Å². The van der Waals surface area contributed by atoms with Gasteiger partial charge in [-0.3, -0.25) is 10.1 Å². The summed E-state index contributed by atoms with van der Waals surface area (Å²) in [4.78, 5) is 10.6. The molecule has 0 amide bonds. The lowest BCUT2D eigenvalue weighted by atomic mass is 9.71. The van der Waals surface area contributed by atoms with Crippen molar-refractivity contribution in [1.82, 2.24) is 0 Å². The third-order valence-electron chi connectivity index (χ3n) is 3.57. The predicted molar refractivity (Wildman–Crippen MR) is 86.1 cm³/mol. The van der Waals surface area contributed by atoms with E-state index in [0.29, 0.717) is 10.2 Å². The molecular formula is C13H12BrIN2O3. The van der Waals surface area contributed by atoms with Crippen LogP contribution in [0.15, 0.2) is 12.1 Å². The second-order valence-electron chi connectivity index (χ2n) is 4.95. The summed E-state index contributed by atoms with van der Waals surface area (Å²) in [6, 6.07) is 4.79. The van der Waals surface area contributed by atoms with Gasteiger partial charge in [0.1, 0.15) is 0 Å². The molecule has 7 heteroatoms. The average Bonchev–Trinajstić information content (AvgIpc) is 2.38. The Kier molecular flexibility index (Phi) is 4.86. The number of nitrogens with zero attached hydrogens (tertiary/aromatic N) is 2. The van der Waals surface area contributed by atoms with E-state index < -0.39 is 4.92 Å². The van der Waals surface area contributed by atoms with E-state index in [2.05, 4.69) is 15.9 Å². The summed E-state index contributed by atoms with van der Waals surface area (Å²) in [5, 5.41) is 20.8. The van der Waals surface area contributed by atoms with Gasteiger partial charge in [-0.15, -0.1) is 0 Å². The lowest BCUT2D eigenvalue weighted by Gasteiger charge is -2.39. The van der Waals surface area contributed by atoms with Crippen LogP contribution in [0.2, 0.25) is 0 Å². The maximum Gasteiger partial charge on any atom is 0.313 e. The largest absolute Gasteiger partial charge is 0.485 e. The lowest BCUT2D eigenvalue weighted by molar-refractivity contribution is -0.386. The normalized spacial score (nSPS) is 16.1. The van der Waals surface area contributed by atoms with Crippen LogP contribution in [0.4, 0.5) is 5.69 Å². The van der Waals surface area contributed by atoms with E-state index in [9.17, 15) is 10.1 Å². The van der Waals surface area contributed by atoms with E-state index in [1.54, 1.807) is 6.07 Å². The van der Waals surface area contributed by atoms with Gasteiger partial charge in [-0.25, -0.2) is 0 Å². The average molecular weight is 451 g/mol. The van der Waals surface area contributed by atoms with Crippen molar-refractivity contribution in [1.29, 1.82) is 5.26 Å². The Hall–Kier alpha value is -0.880. The zero-order valence-electron chi connectivity index (χ0n) is 10.6. The van der Waals surface area contributed by atoms with Crippen LogP contribution in [0.5, 0.6) is 5.75 Å². The number of nitriles is 1. The quantitative estimate of drug-likeness (QED) is 0.294. The molecule has 1 fully saturated rings. The van der Waals surface area contributed by atoms with Gasteiger partial charge in [0.05, 0.1) is 26.7 Å². The van der Waals surface area contributed by atoms with Gasteiger partial charge in [0.25, 0.3) is 0 Å². The Morgan fingerprint density at radius 1 is 1.55 bits per heavy atom. The van der Waals surface area contributed by atoms with Crippen molar-refractivity contribution in [3.05, 3.63) is 31.4 Å². The Bertz CT molecular complexity index is 576. The minimum atomic E-state index is -0.500. The summed E-state index contributed by atoms with van der Waals surface area (Å²) >= 11 is 5.46. The highest BCUT2D eigenvalue weighted by molar-refractivity contribution is 14.1. The number of ether oxygens (including phenoxy) is 1. The van der Waals surface area contributed by atoms with Gasteiger partial charge in [0.2, 0.25) is 5.75 Å². The zero-order valence-corrected chi connectivity index (χ0v) is 14.3. The lowest BCUT2D eigenvalue weighted by Crippen LogP contribution is -2.37. The van der Waals surface area contributed by atoms with Crippen LogP contribution in [0.25, 0.3) is 0 Å². The SMILES string of the molecule is N#Cc1cc(I)c(OCC2(CBr)CCC2)c([N+](=O)[O-])c1.